The Kier molecular flexibility index (Phi) is 5.11. The Labute approximate surface area is 142 Å². The summed E-state index contributed by atoms with van der Waals surface area (Å²) in [5.41, 5.74) is 2.15. The van der Waals surface area contributed by atoms with Gasteiger partial charge in [-0.3, -0.25) is 4.79 Å². The molecule has 0 aliphatic heterocycles. The molecule has 3 rings (SSSR count). The Morgan fingerprint density at radius 2 is 2.00 bits per heavy atom. The second-order valence-corrected chi connectivity index (χ2v) is 7.51. The molecule has 1 unspecified atom stereocenters. The number of nitrogens with zero attached hydrogens (tertiary/aromatic N) is 1. The van der Waals surface area contributed by atoms with Crippen LogP contribution in [0.3, 0.4) is 0 Å². The van der Waals surface area contributed by atoms with E-state index in [9.17, 15) is 4.79 Å². The molecule has 23 heavy (non-hydrogen) atoms. The molecule has 1 aliphatic rings. The molecule has 1 aliphatic carbocycles. The van der Waals surface area contributed by atoms with E-state index in [1.165, 1.54) is 25.7 Å². The lowest BCUT2D eigenvalue weighted by Gasteiger charge is -2.15. The van der Waals surface area contributed by atoms with Crippen molar-refractivity contribution in [2.45, 2.75) is 52.0 Å². The lowest BCUT2D eigenvalue weighted by atomic mass is 10.0. The molecule has 0 spiro atoms. The number of hydrogen-bond donors (Lipinski definition) is 1. The van der Waals surface area contributed by atoms with Gasteiger partial charge in [-0.1, -0.05) is 43.2 Å². The van der Waals surface area contributed by atoms with Gasteiger partial charge in [-0.15, -0.1) is 11.3 Å². The largest absolute Gasteiger partial charge is 0.349 e. The van der Waals surface area contributed by atoms with Crippen molar-refractivity contribution < 1.29 is 4.79 Å². The number of carbonyl (C=O) groups is 1. The van der Waals surface area contributed by atoms with Crippen LogP contribution in [0.5, 0.6) is 0 Å². The Morgan fingerprint density at radius 1 is 1.30 bits per heavy atom. The van der Waals surface area contributed by atoms with E-state index in [0.717, 1.165) is 21.1 Å². The molecule has 1 aromatic heterocycles. The first-order valence-corrected chi connectivity index (χ1v) is 9.27. The van der Waals surface area contributed by atoms with Gasteiger partial charge < -0.3 is 5.32 Å². The van der Waals surface area contributed by atoms with Crippen LogP contribution in [0.15, 0.2) is 30.3 Å². The van der Waals surface area contributed by atoms with Gasteiger partial charge in [-0.05, 0) is 32.6 Å². The van der Waals surface area contributed by atoms with Gasteiger partial charge in [0.15, 0.2) is 0 Å². The molecule has 122 valence electrons. The van der Waals surface area contributed by atoms with Gasteiger partial charge in [0.05, 0.1) is 16.6 Å². The first kappa shape index (κ1) is 16.2. The van der Waals surface area contributed by atoms with Crippen LogP contribution in [0.25, 0.3) is 10.6 Å². The van der Waals surface area contributed by atoms with Crippen molar-refractivity contribution in [2.75, 3.05) is 0 Å². The van der Waals surface area contributed by atoms with Crippen LogP contribution in [0.1, 0.15) is 55.6 Å². The molecular weight excluding hydrogens is 304 g/mol. The number of hydrogen-bond acceptors (Lipinski definition) is 3. The number of carbonyl (C=O) groups excluding carboxylic acids is 1. The number of thiazole rings is 1. The van der Waals surface area contributed by atoms with Crippen LogP contribution in [-0.4, -0.2) is 10.9 Å². The highest BCUT2D eigenvalue weighted by Crippen LogP contribution is 2.32. The molecule has 1 fully saturated rings. The number of amides is 1. The summed E-state index contributed by atoms with van der Waals surface area (Å²) in [6, 6.07) is 10.2. The van der Waals surface area contributed by atoms with Crippen molar-refractivity contribution in [3.63, 3.8) is 0 Å². The first-order chi connectivity index (χ1) is 11.1. The maximum atomic E-state index is 12.2. The monoisotopic (exact) mass is 328 g/mol. The Hall–Kier alpha value is -1.68. The van der Waals surface area contributed by atoms with Crippen molar-refractivity contribution in [3.8, 4) is 10.6 Å². The van der Waals surface area contributed by atoms with Crippen molar-refractivity contribution in [2.24, 2.45) is 5.92 Å². The van der Waals surface area contributed by atoms with E-state index in [1.54, 1.807) is 11.3 Å². The highest BCUT2D eigenvalue weighted by atomic mass is 32.1. The van der Waals surface area contributed by atoms with Gasteiger partial charge >= 0.3 is 0 Å². The van der Waals surface area contributed by atoms with Gasteiger partial charge in [0.1, 0.15) is 5.01 Å². The van der Waals surface area contributed by atoms with Crippen molar-refractivity contribution in [1.29, 1.82) is 0 Å². The van der Waals surface area contributed by atoms with E-state index >= 15 is 0 Å². The minimum atomic E-state index is 0.0267. The molecule has 0 radical (unpaired) electrons. The molecule has 0 bridgehead atoms. The van der Waals surface area contributed by atoms with E-state index in [4.69, 9.17) is 0 Å². The number of rotatable bonds is 5. The average molecular weight is 328 g/mol. The average Bonchev–Trinajstić information content (AvgIpc) is 3.17. The zero-order valence-electron chi connectivity index (χ0n) is 13.8. The van der Waals surface area contributed by atoms with Crippen molar-refractivity contribution in [1.82, 2.24) is 10.3 Å². The zero-order chi connectivity index (χ0) is 16.2. The van der Waals surface area contributed by atoms with Gasteiger partial charge in [-0.25, -0.2) is 4.98 Å². The summed E-state index contributed by atoms with van der Waals surface area (Å²) in [6.07, 6.45) is 5.65. The number of aryl methyl sites for hydroxylation is 1. The second-order valence-electron chi connectivity index (χ2n) is 6.48. The fourth-order valence-corrected chi connectivity index (χ4v) is 4.43. The number of nitrogens with one attached hydrogen (secondary N) is 1. The van der Waals surface area contributed by atoms with Gasteiger partial charge in [0, 0.05) is 12.0 Å². The lowest BCUT2D eigenvalue weighted by molar-refractivity contribution is -0.122. The van der Waals surface area contributed by atoms with Crippen molar-refractivity contribution in [3.05, 3.63) is 40.9 Å². The summed E-state index contributed by atoms with van der Waals surface area (Å²) >= 11 is 1.68. The highest BCUT2D eigenvalue weighted by molar-refractivity contribution is 7.15. The maximum absolute atomic E-state index is 12.2. The minimum Gasteiger partial charge on any atom is -0.349 e. The predicted molar refractivity (Wildman–Crippen MR) is 95.4 cm³/mol. The van der Waals surface area contributed by atoms with Crippen LogP contribution < -0.4 is 5.32 Å². The Morgan fingerprint density at radius 3 is 2.70 bits per heavy atom. The second kappa shape index (κ2) is 7.26. The molecule has 1 amide bonds. The van der Waals surface area contributed by atoms with E-state index in [-0.39, 0.29) is 11.9 Å². The van der Waals surface area contributed by atoms with Gasteiger partial charge in [0.25, 0.3) is 0 Å². The van der Waals surface area contributed by atoms with E-state index < -0.39 is 0 Å². The lowest BCUT2D eigenvalue weighted by Crippen LogP contribution is -2.27. The van der Waals surface area contributed by atoms with Gasteiger partial charge in [0.2, 0.25) is 5.91 Å². The topological polar surface area (TPSA) is 42.0 Å². The number of aromatic nitrogens is 1. The van der Waals surface area contributed by atoms with E-state index in [2.05, 4.69) is 29.4 Å². The zero-order valence-corrected chi connectivity index (χ0v) is 14.7. The first-order valence-electron chi connectivity index (χ1n) is 8.45. The third-order valence-electron chi connectivity index (χ3n) is 4.57. The fraction of sp³-hybridized carbons (Fsp3) is 0.474. The molecular formula is C19H24N2OS. The Bertz CT molecular complexity index is 659. The molecule has 3 nitrogen and oxygen atoms in total. The summed E-state index contributed by atoms with van der Waals surface area (Å²) in [5.74, 6) is 0.767. The van der Waals surface area contributed by atoms with E-state index in [1.807, 2.05) is 25.1 Å². The standard InChI is InChI=1S/C19H24N2OS/c1-13(20-17(22)12-15-8-6-7-9-15)18-14(2)21-19(23-18)16-10-4-3-5-11-16/h3-5,10-11,13,15H,6-9,12H2,1-2H3,(H,20,22). The maximum Gasteiger partial charge on any atom is 0.220 e. The summed E-state index contributed by atoms with van der Waals surface area (Å²) in [4.78, 5) is 18.1. The van der Waals surface area contributed by atoms with Crippen LogP contribution in [0, 0.1) is 12.8 Å². The fourth-order valence-electron chi connectivity index (χ4n) is 3.36. The quantitative estimate of drug-likeness (QED) is 0.850. The van der Waals surface area contributed by atoms with E-state index in [0.29, 0.717) is 12.3 Å². The summed E-state index contributed by atoms with van der Waals surface area (Å²) < 4.78 is 0. The molecule has 1 aromatic carbocycles. The molecule has 1 N–H and O–H groups in total. The summed E-state index contributed by atoms with van der Waals surface area (Å²) in [7, 11) is 0. The van der Waals surface area contributed by atoms with Crippen LogP contribution in [-0.2, 0) is 4.79 Å². The van der Waals surface area contributed by atoms with Crippen LogP contribution >= 0.6 is 11.3 Å². The normalized spacial score (nSPS) is 16.4. The predicted octanol–water partition coefficient (Wildman–Crippen LogP) is 4.88. The van der Waals surface area contributed by atoms with Gasteiger partial charge in [-0.2, -0.15) is 0 Å². The number of benzene rings is 1. The van der Waals surface area contributed by atoms with Crippen LogP contribution in [0.4, 0.5) is 0 Å². The third kappa shape index (κ3) is 3.99. The molecule has 1 atom stereocenters. The molecule has 2 aromatic rings. The smallest absolute Gasteiger partial charge is 0.220 e. The molecule has 4 heteroatoms. The highest BCUT2D eigenvalue weighted by Gasteiger charge is 2.21. The summed E-state index contributed by atoms with van der Waals surface area (Å²) in [6.45, 7) is 4.08. The van der Waals surface area contributed by atoms with Crippen LogP contribution in [0.2, 0.25) is 0 Å². The molecule has 1 heterocycles. The molecule has 0 saturated heterocycles. The van der Waals surface area contributed by atoms with Crippen molar-refractivity contribution >= 4 is 17.2 Å². The third-order valence-corrected chi connectivity index (χ3v) is 5.96. The summed E-state index contributed by atoms with van der Waals surface area (Å²) in [5, 5.41) is 4.18. The Balaban J connectivity index is 1.66. The SMILES string of the molecule is Cc1nc(-c2ccccc2)sc1C(C)NC(=O)CC1CCCC1. The minimum absolute atomic E-state index is 0.0267. The molecule has 1 saturated carbocycles.